The summed E-state index contributed by atoms with van der Waals surface area (Å²) in [5.74, 6) is 0.584. The van der Waals surface area contributed by atoms with Gasteiger partial charge in [-0.2, -0.15) is 0 Å². The predicted octanol–water partition coefficient (Wildman–Crippen LogP) is 4.46. The molecule has 4 rings (SSSR count). The Morgan fingerprint density at radius 3 is 2.10 bits per heavy atom. The van der Waals surface area contributed by atoms with E-state index in [1.54, 1.807) is 12.1 Å². The largest absolute Gasteiger partial charge is 0.398 e. The number of hydrazine groups is 1. The molecule has 148 valence electrons. The average Bonchev–Trinajstić information content (AvgIpc) is 2.76. The fourth-order valence-corrected chi connectivity index (χ4v) is 4.35. The maximum absolute atomic E-state index is 12.7. The summed E-state index contributed by atoms with van der Waals surface area (Å²) >= 11 is 0. The Kier molecular flexibility index (Phi) is 5.92. The Balaban J connectivity index is 1.54. The van der Waals surface area contributed by atoms with Crippen molar-refractivity contribution in [1.82, 2.24) is 10.4 Å². The van der Waals surface area contributed by atoms with Gasteiger partial charge < -0.3 is 5.73 Å². The molecular formula is C25H27N3O. The van der Waals surface area contributed by atoms with Gasteiger partial charge in [-0.3, -0.25) is 10.2 Å². The molecule has 4 nitrogen and oxygen atoms in total. The smallest absolute Gasteiger partial charge is 0.267 e. The Morgan fingerprint density at radius 2 is 1.48 bits per heavy atom. The van der Waals surface area contributed by atoms with E-state index in [2.05, 4.69) is 71.1 Å². The van der Waals surface area contributed by atoms with Crippen LogP contribution in [0.1, 0.15) is 40.2 Å². The summed E-state index contributed by atoms with van der Waals surface area (Å²) in [5, 5.41) is 2.06. The molecule has 1 fully saturated rings. The van der Waals surface area contributed by atoms with Gasteiger partial charge in [-0.05, 0) is 42.0 Å². The summed E-state index contributed by atoms with van der Waals surface area (Å²) in [5.41, 5.74) is 12.7. The van der Waals surface area contributed by atoms with Crippen LogP contribution < -0.4 is 11.2 Å². The van der Waals surface area contributed by atoms with Crippen molar-refractivity contribution < 1.29 is 4.79 Å². The van der Waals surface area contributed by atoms with Crippen molar-refractivity contribution in [2.24, 2.45) is 5.92 Å². The standard InChI is InChI=1S/C25H27N3O/c26-23-16-8-7-15-22(23)25(29)27-28-17-9-14-21(18-28)24(19-10-3-1-4-11-19)20-12-5-2-6-13-20/h1-8,10-13,15-16,21,24H,9,14,17-18,26H2,(H,27,29). The van der Waals surface area contributed by atoms with Gasteiger partial charge >= 0.3 is 0 Å². The second kappa shape index (κ2) is 8.93. The first-order valence-electron chi connectivity index (χ1n) is 10.2. The number of rotatable bonds is 5. The number of amides is 1. The first-order chi connectivity index (χ1) is 14.2. The fourth-order valence-electron chi connectivity index (χ4n) is 4.35. The highest BCUT2D eigenvalue weighted by molar-refractivity contribution is 5.98. The highest BCUT2D eigenvalue weighted by atomic mass is 16.2. The molecule has 1 amide bonds. The summed E-state index contributed by atoms with van der Waals surface area (Å²) in [4.78, 5) is 12.7. The number of anilines is 1. The number of carbonyl (C=O) groups is 1. The van der Waals surface area contributed by atoms with Gasteiger partial charge in [-0.15, -0.1) is 0 Å². The number of hydrogen-bond acceptors (Lipinski definition) is 3. The van der Waals surface area contributed by atoms with Crippen LogP contribution >= 0.6 is 0 Å². The van der Waals surface area contributed by atoms with Gasteiger partial charge in [0.2, 0.25) is 0 Å². The first-order valence-corrected chi connectivity index (χ1v) is 10.2. The third-order valence-electron chi connectivity index (χ3n) is 5.71. The minimum absolute atomic E-state index is 0.139. The van der Waals surface area contributed by atoms with Gasteiger partial charge in [0, 0.05) is 24.7 Å². The van der Waals surface area contributed by atoms with Gasteiger partial charge in [0.05, 0.1) is 5.56 Å². The molecule has 0 spiro atoms. The van der Waals surface area contributed by atoms with Crippen molar-refractivity contribution in [3.63, 3.8) is 0 Å². The monoisotopic (exact) mass is 385 g/mol. The van der Waals surface area contributed by atoms with E-state index in [0.29, 0.717) is 23.1 Å². The van der Waals surface area contributed by atoms with Crippen LogP contribution in [-0.4, -0.2) is 24.0 Å². The molecule has 3 N–H and O–H groups in total. The Bertz CT molecular complexity index is 903. The van der Waals surface area contributed by atoms with E-state index in [1.165, 1.54) is 11.1 Å². The topological polar surface area (TPSA) is 58.4 Å². The van der Waals surface area contributed by atoms with E-state index in [0.717, 1.165) is 25.9 Å². The van der Waals surface area contributed by atoms with E-state index < -0.39 is 0 Å². The number of nitrogens with zero attached hydrogens (tertiary/aromatic N) is 1. The number of para-hydroxylation sites is 1. The highest BCUT2D eigenvalue weighted by Crippen LogP contribution is 2.36. The average molecular weight is 386 g/mol. The number of nitrogen functional groups attached to an aromatic ring is 1. The SMILES string of the molecule is Nc1ccccc1C(=O)NN1CCCC(C(c2ccccc2)c2ccccc2)C1. The molecule has 4 heteroatoms. The van der Waals surface area contributed by atoms with E-state index in [4.69, 9.17) is 5.73 Å². The van der Waals surface area contributed by atoms with E-state index >= 15 is 0 Å². The fraction of sp³-hybridized carbons (Fsp3) is 0.240. The maximum atomic E-state index is 12.7. The summed E-state index contributed by atoms with van der Waals surface area (Å²) in [7, 11) is 0. The number of nitrogens with two attached hydrogens (primary N) is 1. The molecule has 0 aliphatic carbocycles. The van der Waals surface area contributed by atoms with Gasteiger partial charge in [0.25, 0.3) is 5.91 Å². The molecule has 1 atom stereocenters. The van der Waals surface area contributed by atoms with Crippen LogP contribution in [0.15, 0.2) is 84.9 Å². The number of hydrogen-bond donors (Lipinski definition) is 2. The van der Waals surface area contributed by atoms with Crippen LogP contribution in [0.2, 0.25) is 0 Å². The Hall–Kier alpha value is -3.11. The number of benzene rings is 3. The zero-order valence-corrected chi connectivity index (χ0v) is 16.5. The lowest BCUT2D eigenvalue weighted by Gasteiger charge is -2.37. The third-order valence-corrected chi connectivity index (χ3v) is 5.71. The quantitative estimate of drug-likeness (QED) is 0.638. The normalized spacial score (nSPS) is 17.2. The van der Waals surface area contributed by atoms with Crippen molar-refractivity contribution in [3.8, 4) is 0 Å². The number of nitrogens with one attached hydrogen (secondary N) is 1. The van der Waals surface area contributed by atoms with Crippen molar-refractivity contribution in [1.29, 1.82) is 0 Å². The lowest BCUT2D eigenvalue weighted by Crippen LogP contribution is -2.48. The molecule has 1 saturated heterocycles. The zero-order valence-electron chi connectivity index (χ0n) is 16.5. The minimum Gasteiger partial charge on any atom is -0.398 e. The minimum atomic E-state index is -0.139. The molecule has 1 unspecified atom stereocenters. The molecule has 3 aromatic carbocycles. The molecule has 0 radical (unpaired) electrons. The lowest BCUT2D eigenvalue weighted by atomic mass is 9.77. The Labute approximate surface area is 172 Å². The molecule has 29 heavy (non-hydrogen) atoms. The summed E-state index contributed by atoms with van der Waals surface area (Å²) < 4.78 is 0. The molecule has 1 heterocycles. The van der Waals surface area contributed by atoms with Gasteiger partial charge in [-0.1, -0.05) is 72.8 Å². The van der Waals surface area contributed by atoms with Crippen LogP contribution in [0.3, 0.4) is 0 Å². The maximum Gasteiger partial charge on any atom is 0.267 e. The second-order valence-corrected chi connectivity index (χ2v) is 7.68. The summed E-state index contributed by atoms with van der Waals surface area (Å²) in [6, 6.07) is 28.6. The number of piperidine rings is 1. The molecule has 1 aliphatic heterocycles. The van der Waals surface area contributed by atoms with Crippen LogP contribution in [0.25, 0.3) is 0 Å². The van der Waals surface area contributed by atoms with Crippen LogP contribution in [-0.2, 0) is 0 Å². The van der Waals surface area contributed by atoms with Crippen LogP contribution in [0, 0.1) is 5.92 Å². The predicted molar refractivity (Wildman–Crippen MR) is 117 cm³/mol. The molecule has 3 aromatic rings. The first kappa shape index (κ1) is 19.2. The molecule has 0 saturated carbocycles. The summed E-state index contributed by atoms with van der Waals surface area (Å²) in [6.07, 6.45) is 2.18. The number of carbonyl (C=O) groups excluding carboxylic acids is 1. The van der Waals surface area contributed by atoms with Crippen molar-refractivity contribution >= 4 is 11.6 Å². The summed E-state index contributed by atoms with van der Waals surface area (Å²) in [6.45, 7) is 1.66. The molecule has 0 bridgehead atoms. The van der Waals surface area contributed by atoms with E-state index in [-0.39, 0.29) is 5.91 Å². The molecular weight excluding hydrogens is 358 g/mol. The van der Waals surface area contributed by atoms with E-state index in [9.17, 15) is 4.79 Å². The van der Waals surface area contributed by atoms with Crippen molar-refractivity contribution in [3.05, 3.63) is 102 Å². The van der Waals surface area contributed by atoms with Gasteiger partial charge in [0.15, 0.2) is 0 Å². The van der Waals surface area contributed by atoms with Crippen molar-refractivity contribution in [2.45, 2.75) is 18.8 Å². The highest BCUT2D eigenvalue weighted by Gasteiger charge is 2.30. The van der Waals surface area contributed by atoms with Crippen molar-refractivity contribution in [2.75, 3.05) is 18.8 Å². The molecule has 1 aliphatic rings. The molecule has 0 aromatic heterocycles. The Morgan fingerprint density at radius 1 is 0.897 bits per heavy atom. The van der Waals surface area contributed by atoms with Gasteiger partial charge in [0.1, 0.15) is 0 Å². The third kappa shape index (κ3) is 4.49. The van der Waals surface area contributed by atoms with E-state index in [1.807, 2.05) is 12.1 Å². The second-order valence-electron chi connectivity index (χ2n) is 7.68. The zero-order chi connectivity index (χ0) is 20.1. The van der Waals surface area contributed by atoms with Gasteiger partial charge in [-0.25, -0.2) is 5.01 Å². The lowest BCUT2D eigenvalue weighted by molar-refractivity contribution is 0.0663. The van der Waals surface area contributed by atoms with Crippen LogP contribution in [0.4, 0.5) is 5.69 Å². The van der Waals surface area contributed by atoms with Crippen LogP contribution in [0.5, 0.6) is 0 Å².